The molecule has 0 spiro atoms. The van der Waals surface area contributed by atoms with Crippen molar-refractivity contribution in [3.63, 3.8) is 0 Å². The minimum absolute atomic E-state index is 0.0397. The van der Waals surface area contributed by atoms with Gasteiger partial charge in [0.25, 0.3) is 0 Å². The maximum Gasteiger partial charge on any atom is 0.312 e. The summed E-state index contributed by atoms with van der Waals surface area (Å²) in [4.78, 5) is 23.9. The van der Waals surface area contributed by atoms with Crippen molar-refractivity contribution in [1.82, 2.24) is 0 Å². The Bertz CT molecular complexity index is 988. The van der Waals surface area contributed by atoms with Crippen LogP contribution in [0.4, 0.5) is 0 Å². The first-order valence-corrected chi connectivity index (χ1v) is 9.36. The fourth-order valence-corrected chi connectivity index (χ4v) is 3.63. The van der Waals surface area contributed by atoms with Gasteiger partial charge >= 0.3 is 11.9 Å². The zero-order valence-corrected chi connectivity index (χ0v) is 18.2. The van der Waals surface area contributed by atoms with Gasteiger partial charge in [-0.2, -0.15) is 0 Å². The third-order valence-electron chi connectivity index (χ3n) is 4.90. The lowest BCUT2D eigenvalue weighted by Gasteiger charge is -2.29. The lowest BCUT2D eigenvalue weighted by molar-refractivity contribution is -0.135. The summed E-state index contributed by atoms with van der Waals surface area (Å²) in [6.45, 7) is 1.28. The molecule has 0 fully saturated rings. The van der Waals surface area contributed by atoms with E-state index >= 15 is 0 Å². The first-order valence-electron chi connectivity index (χ1n) is 9.36. The predicted molar refractivity (Wildman–Crippen MR) is 109 cm³/mol. The molecular formula is C22H24O9. The Balaban J connectivity index is 2.26. The maximum absolute atomic E-state index is 12.4. The Hall–Kier alpha value is -3.62. The number of esters is 2. The highest BCUT2D eigenvalue weighted by atomic mass is 16.6. The molecule has 0 saturated carbocycles. The highest BCUT2D eigenvalue weighted by Crippen LogP contribution is 2.53. The molecule has 3 rings (SSSR count). The number of hydrogen-bond acceptors (Lipinski definition) is 9. The molecule has 1 atom stereocenters. The molecule has 1 heterocycles. The van der Waals surface area contributed by atoms with Gasteiger partial charge in [0, 0.05) is 24.5 Å². The molecule has 1 aliphatic rings. The van der Waals surface area contributed by atoms with Crippen LogP contribution in [0.3, 0.4) is 0 Å². The van der Waals surface area contributed by atoms with Gasteiger partial charge in [0.05, 0.1) is 42.0 Å². The molecule has 1 aliphatic heterocycles. The van der Waals surface area contributed by atoms with Crippen molar-refractivity contribution in [2.75, 3.05) is 35.5 Å². The van der Waals surface area contributed by atoms with Gasteiger partial charge in [-0.1, -0.05) is 0 Å². The molecule has 0 aromatic heterocycles. The standard InChI is InChI=1S/C22H24O9/c1-11(23)30-20-15(25-2)7-12(8-16(20)26-3)13-9-18(24)31-14-10-17(27-4)21(28-5)22(29-6)19(13)14/h7-8,10,13H,9H2,1-6H3. The Kier molecular flexibility index (Phi) is 6.43. The van der Waals surface area contributed by atoms with Crippen molar-refractivity contribution in [1.29, 1.82) is 0 Å². The predicted octanol–water partition coefficient (Wildman–Crippen LogP) is 3.10. The first-order chi connectivity index (χ1) is 14.9. The number of hydrogen-bond donors (Lipinski definition) is 0. The summed E-state index contributed by atoms with van der Waals surface area (Å²) in [6, 6.07) is 4.95. The fraction of sp³-hybridized carbons (Fsp3) is 0.364. The molecule has 1 unspecified atom stereocenters. The molecule has 166 valence electrons. The van der Waals surface area contributed by atoms with Crippen LogP contribution in [-0.4, -0.2) is 47.5 Å². The van der Waals surface area contributed by atoms with E-state index in [1.54, 1.807) is 18.2 Å². The fourth-order valence-electron chi connectivity index (χ4n) is 3.63. The van der Waals surface area contributed by atoms with Gasteiger partial charge in [0.1, 0.15) is 5.75 Å². The summed E-state index contributed by atoms with van der Waals surface area (Å²) in [5.41, 5.74) is 1.29. The molecule has 31 heavy (non-hydrogen) atoms. The summed E-state index contributed by atoms with van der Waals surface area (Å²) in [6.07, 6.45) is 0.0397. The Labute approximate surface area is 179 Å². The molecule has 2 aromatic carbocycles. The first kappa shape index (κ1) is 22.1. The van der Waals surface area contributed by atoms with E-state index in [9.17, 15) is 9.59 Å². The second kappa shape index (κ2) is 9.03. The van der Waals surface area contributed by atoms with Crippen molar-refractivity contribution in [3.05, 3.63) is 29.3 Å². The smallest absolute Gasteiger partial charge is 0.312 e. The van der Waals surface area contributed by atoms with Crippen LogP contribution < -0.4 is 33.2 Å². The van der Waals surface area contributed by atoms with Gasteiger partial charge in [-0.15, -0.1) is 0 Å². The topological polar surface area (TPSA) is 98.8 Å². The molecular weight excluding hydrogens is 408 g/mol. The second-order valence-electron chi connectivity index (χ2n) is 6.64. The van der Waals surface area contributed by atoms with Crippen molar-refractivity contribution in [2.24, 2.45) is 0 Å². The third-order valence-corrected chi connectivity index (χ3v) is 4.90. The zero-order chi connectivity index (χ0) is 22.7. The van der Waals surface area contributed by atoms with Crippen LogP contribution in [-0.2, 0) is 9.59 Å². The van der Waals surface area contributed by atoms with E-state index in [-0.39, 0.29) is 23.7 Å². The van der Waals surface area contributed by atoms with Crippen molar-refractivity contribution >= 4 is 11.9 Å². The van der Waals surface area contributed by atoms with E-state index in [0.717, 1.165) is 0 Å². The largest absolute Gasteiger partial charge is 0.493 e. The summed E-state index contributed by atoms with van der Waals surface area (Å²) in [5.74, 6) is 0.736. The maximum atomic E-state index is 12.4. The van der Waals surface area contributed by atoms with Crippen molar-refractivity contribution in [3.8, 4) is 40.2 Å². The molecule has 2 aromatic rings. The molecule has 0 N–H and O–H groups in total. The minimum Gasteiger partial charge on any atom is -0.493 e. The van der Waals surface area contributed by atoms with Crippen LogP contribution >= 0.6 is 0 Å². The van der Waals surface area contributed by atoms with Gasteiger partial charge in [0.2, 0.25) is 11.5 Å². The van der Waals surface area contributed by atoms with Crippen LogP contribution in [0.2, 0.25) is 0 Å². The number of fused-ring (bicyclic) bond motifs is 1. The van der Waals surface area contributed by atoms with Crippen LogP contribution in [0.5, 0.6) is 40.2 Å². The lowest BCUT2D eigenvalue weighted by Crippen LogP contribution is -2.22. The number of carbonyl (C=O) groups excluding carboxylic acids is 2. The van der Waals surface area contributed by atoms with Crippen molar-refractivity contribution < 1.29 is 42.7 Å². The van der Waals surface area contributed by atoms with Gasteiger partial charge < -0.3 is 33.2 Å². The zero-order valence-electron chi connectivity index (χ0n) is 18.2. The Morgan fingerprint density at radius 1 is 0.839 bits per heavy atom. The Morgan fingerprint density at radius 2 is 1.39 bits per heavy atom. The van der Waals surface area contributed by atoms with Gasteiger partial charge in [-0.3, -0.25) is 9.59 Å². The van der Waals surface area contributed by atoms with E-state index in [0.29, 0.717) is 34.1 Å². The average molecular weight is 432 g/mol. The van der Waals surface area contributed by atoms with E-state index in [1.807, 2.05) is 0 Å². The number of rotatable bonds is 7. The monoisotopic (exact) mass is 432 g/mol. The molecule has 0 amide bonds. The van der Waals surface area contributed by atoms with Crippen LogP contribution in [0, 0.1) is 0 Å². The SMILES string of the molecule is COc1cc(C2CC(=O)Oc3cc(OC)c(OC)c(OC)c32)cc(OC)c1OC(C)=O. The molecule has 9 nitrogen and oxygen atoms in total. The van der Waals surface area contributed by atoms with E-state index in [4.69, 9.17) is 33.2 Å². The van der Waals surface area contributed by atoms with E-state index < -0.39 is 17.9 Å². The van der Waals surface area contributed by atoms with E-state index in [2.05, 4.69) is 0 Å². The van der Waals surface area contributed by atoms with Crippen LogP contribution in [0.25, 0.3) is 0 Å². The Morgan fingerprint density at radius 3 is 1.87 bits per heavy atom. The lowest BCUT2D eigenvalue weighted by atomic mass is 9.85. The van der Waals surface area contributed by atoms with Crippen molar-refractivity contribution in [2.45, 2.75) is 19.3 Å². The van der Waals surface area contributed by atoms with Gasteiger partial charge in [-0.25, -0.2) is 0 Å². The summed E-state index contributed by atoms with van der Waals surface area (Å²) in [5, 5.41) is 0. The third kappa shape index (κ3) is 4.03. The normalized spacial score (nSPS) is 14.8. The highest BCUT2D eigenvalue weighted by Gasteiger charge is 2.36. The summed E-state index contributed by atoms with van der Waals surface area (Å²) in [7, 11) is 7.37. The van der Waals surface area contributed by atoms with Crippen LogP contribution in [0.15, 0.2) is 18.2 Å². The van der Waals surface area contributed by atoms with Gasteiger partial charge in [-0.05, 0) is 17.7 Å². The molecule has 9 heteroatoms. The van der Waals surface area contributed by atoms with Crippen LogP contribution in [0.1, 0.15) is 30.4 Å². The number of methoxy groups -OCH3 is 5. The number of carbonyl (C=O) groups is 2. The second-order valence-corrected chi connectivity index (χ2v) is 6.64. The van der Waals surface area contributed by atoms with Gasteiger partial charge in [0.15, 0.2) is 23.0 Å². The molecule has 0 saturated heterocycles. The number of benzene rings is 2. The summed E-state index contributed by atoms with van der Waals surface area (Å²) >= 11 is 0. The minimum atomic E-state index is -0.519. The quantitative estimate of drug-likeness (QED) is 0.483. The highest BCUT2D eigenvalue weighted by molar-refractivity contribution is 5.81. The molecule has 0 aliphatic carbocycles. The number of ether oxygens (including phenoxy) is 7. The molecule has 0 radical (unpaired) electrons. The molecule has 0 bridgehead atoms. The average Bonchev–Trinajstić information content (AvgIpc) is 2.76. The van der Waals surface area contributed by atoms with E-state index in [1.165, 1.54) is 42.5 Å². The summed E-state index contributed by atoms with van der Waals surface area (Å²) < 4.78 is 38.1.